The van der Waals surface area contributed by atoms with Gasteiger partial charge in [0.25, 0.3) is 5.91 Å². The summed E-state index contributed by atoms with van der Waals surface area (Å²) >= 11 is 0. The van der Waals surface area contributed by atoms with Crippen LogP contribution in [0.25, 0.3) is 0 Å². The number of ether oxygens (including phenoxy) is 1. The van der Waals surface area contributed by atoms with Crippen molar-refractivity contribution < 1.29 is 9.53 Å². The van der Waals surface area contributed by atoms with E-state index in [2.05, 4.69) is 6.92 Å². The van der Waals surface area contributed by atoms with Crippen molar-refractivity contribution >= 4 is 5.91 Å². The van der Waals surface area contributed by atoms with Crippen LogP contribution in [0.1, 0.15) is 32.3 Å². The normalized spacial score (nSPS) is 24.4. The first-order chi connectivity index (χ1) is 9.58. The maximum atomic E-state index is 12.4. The zero-order valence-electron chi connectivity index (χ0n) is 12.3. The molecule has 1 amide bonds. The van der Waals surface area contributed by atoms with Gasteiger partial charge < -0.3 is 15.4 Å². The molecule has 0 saturated carbocycles. The third-order valence-electron chi connectivity index (χ3n) is 3.89. The first-order valence-electron chi connectivity index (χ1n) is 7.29. The molecule has 1 heterocycles. The first kappa shape index (κ1) is 15.0. The number of nitrogens with two attached hydrogens (primary N) is 1. The molecule has 0 unspecified atom stereocenters. The lowest BCUT2D eigenvalue weighted by Crippen LogP contribution is -2.51. The average Bonchev–Trinajstić information content (AvgIpc) is 2.45. The molecular weight excluding hydrogens is 252 g/mol. The minimum absolute atomic E-state index is 0.0698. The Labute approximate surface area is 120 Å². The van der Waals surface area contributed by atoms with Crippen molar-refractivity contribution in [3.63, 3.8) is 0 Å². The molecule has 1 fully saturated rings. The summed E-state index contributed by atoms with van der Waals surface area (Å²) in [5, 5.41) is 0. The van der Waals surface area contributed by atoms with Gasteiger partial charge >= 0.3 is 0 Å². The van der Waals surface area contributed by atoms with Crippen LogP contribution in [0.2, 0.25) is 0 Å². The summed E-state index contributed by atoms with van der Waals surface area (Å²) in [4.78, 5) is 14.3. The number of rotatable bonds is 4. The van der Waals surface area contributed by atoms with Crippen molar-refractivity contribution in [3.8, 4) is 0 Å². The molecular formula is C16H24N2O2. The van der Waals surface area contributed by atoms with Gasteiger partial charge in [0.1, 0.15) is 6.10 Å². The molecule has 1 aromatic carbocycles. The fourth-order valence-electron chi connectivity index (χ4n) is 2.64. The molecule has 1 aromatic rings. The number of nitrogens with zero attached hydrogens (tertiary/aromatic N) is 1. The van der Waals surface area contributed by atoms with E-state index in [0.717, 1.165) is 24.9 Å². The highest BCUT2D eigenvalue weighted by Gasteiger charge is 2.30. The minimum Gasteiger partial charge on any atom is -0.364 e. The van der Waals surface area contributed by atoms with Gasteiger partial charge in [0.05, 0.1) is 6.61 Å². The van der Waals surface area contributed by atoms with Gasteiger partial charge in [-0.2, -0.15) is 0 Å². The molecule has 2 N–H and O–H groups in total. The summed E-state index contributed by atoms with van der Waals surface area (Å²) in [6.07, 6.45) is 1.34. The smallest absolute Gasteiger partial charge is 0.251 e. The number of hydrogen-bond donors (Lipinski definition) is 1. The first-order valence-corrected chi connectivity index (χ1v) is 7.29. The average molecular weight is 276 g/mol. The summed E-state index contributed by atoms with van der Waals surface area (Å²) in [7, 11) is 0. The molecule has 0 bridgehead atoms. The lowest BCUT2D eigenvalue weighted by atomic mass is 9.98. The zero-order valence-corrected chi connectivity index (χ0v) is 12.3. The molecule has 2 rings (SSSR count). The Morgan fingerprint density at radius 1 is 1.45 bits per heavy atom. The maximum Gasteiger partial charge on any atom is 0.251 e. The number of carbonyl (C=O) groups is 1. The van der Waals surface area contributed by atoms with E-state index in [1.807, 2.05) is 42.2 Å². The van der Waals surface area contributed by atoms with Crippen LogP contribution >= 0.6 is 0 Å². The molecule has 3 atom stereocenters. The maximum absolute atomic E-state index is 12.4. The summed E-state index contributed by atoms with van der Waals surface area (Å²) in [5.74, 6) is 0.0698. The molecule has 0 radical (unpaired) electrons. The van der Waals surface area contributed by atoms with Crippen LogP contribution in [-0.2, 0) is 16.1 Å². The molecule has 20 heavy (non-hydrogen) atoms. The van der Waals surface area contributed by atoms with Crippen LogP contribution in [0.5, 0.6) is 0 Å². The van der Waals surface area contributed by atoms with Gasteiger partial charge in [0.15, 0.2) is 0 Å². The summed E-state index contributed by atoms with van der Waals surface area (Å²) < 4.78 is 5.70. The highest BCUT2D eigenvalue weighted by molar-refractivity contribution is 5.81. The van der Waals surface area contributed by atoms with Gasteiger partial charge in [-0.25, -0.2) is 0 Å². The van der Waals surface area contributed by atoms with Gasteiger partial charge in [-0.1, -0.05) is 30.3 Å². The molecule has 4 nitrogen and oxygen atoms in total. The molecule has 1 aliphatic heterocycles. The standard InChI is InChI=1S/C16H24N2O2/c1-12-10-15(17)8-9-18(12)16(19)13(2)20-11-14-6-4-3-5-7-14/h3-7,12-13,15H,8-11,17H2,1-2H3/t12-,13+,15+/m1/s1. The number of likely N-dealkylation sites (tertiary alicyclic amines) is 1. The fourth-order valence-corrected chi connectivity index (χ4v) is 2.64. The van der Waals surface area contributed by atoms with Crippen molar-refractivity contribution in [2.75, 3.05) is 6.54 Å². The number of piperidine rings is 1. The van der Waals surface area contributed by atoms with Gasteiger partial charge in [-0.15, -0.1) is 0 Å². The summed E-state index contributed by atoms with van der Waals surface area (Å²) in [5.41, 5.74) is 7.01. The second-order valence-corrected chi connectivity index (χ2v) is 5.60. The van der Waals surface area contributed by atoms with Crippen LogP contribution in [-0.4, -0.2) is 35.5 Å². The SMILES string of the molecule is C[C@H](OCc1ccccc1)C(=O)N1CC[C@H](N)C[C@H]1C. The molecule has 0 spiro atoms. The minimum atomic E-state index is -0.410. The Hall–Kier alpha value is -1.39. The number of hydrogen-bond acceptors (Lipinski definition) is 3. The van der Waals surface area contributed by atoms with E-state index in [0.29, 0.717) is 6.61 Å². The monoisotopic (exact) mass is 276 g/mol. The van der Waals surface area contributed by atoms with Crippen LogP contribution in [0.15, 0.2) is 30.3 Å². The Kier molecular flexibility index (Phi) is 5.15. The summed E-state index contributed by atoms with van der Waals surface area (Å²) in [6.45, 7) is 5.09. The van der Waals surface area contributed by atoms with Crippen molar-refractivity contribution in [2.45, 2.75) is 51.5 Å². The highest BCUT2D eigenvalue weighted by Crippen LogP contribution is 2.18. The van der Waals surface area contributed by atoms with Crippen LogP contribution in [0.4, 0.5) is 0 Å². The van der Waals surface area contributed by atoms with E-state index in [-0.39, 0.29) is 18.0 Å². The van der Waals surface area contributed by atoms with Gasteiger partial charge in [-0.3, -0.25) is 4.79 Å². The second-order valence-electron chi connectivity index (χ2n) is 5.60. The van der Waals surface area contributed by atoms with Crippen LogP contribution < -0.4 is 5.73 Å². The zero-order chi connectivity index (χ0) is 14.5. The van der Waals surface area contributed by atoms with E-state index in [1.54, 1.807) is 0 Å². The number of carbonyl (C=O) groups excluding carboxylic acids is 1. The largest absolute Gasteiger partial charge is 0.364 e. The molecule has 1 saturated heterocycles. The number of amides is 1. The van der Waals surface area contributed by atoms with Crippen LogP contribution in [0, 0.1) is 0 Å². The highest BCUT2D eigenvalue weighted by atomic mass is 16.5. The lowest BCUT2D eigenvalue weighted by Gasteiger charge is -2.37. The quantitative estimate of drug-likeness (QED) is 0.914. The fraction of sp³-hybridized carbons (Fsp3) is 0.562. The van der Waals surface area contributed by atoms with Gasteiger partial charge in [0.2, 0.25) is 0 Å². The van der Waals surface area contributed by atoms with Crippen molar-refractivity contribution in [3.05, 3.63) is 35.9 Å². The number of benzene rings is 1. The Balaban J connectivity index is 1.85. The second kappa shape index (κ2) is 6.86. The topological polar surface area (TPSA) is 55.6 Å². The van der Waals surface area contributed by atoms with E-state index in [4.69, 9.17) is 10.5 Å². The van der Waals surface area contributed by atoms with Gasteiger partial charge in [0, 0.05) is 18.6 Å². The summed E-state index contributed by atoms with van der Waals surface area (Å²) in [6, 6.07) is 10.3. The lowest BCUT2D eigenvalue weighted by molar-refractivity contribution is -0.147. The van der Waals surface area contributed by atoms with Crippen molar-refractivity contribution in [2.24, 2.45) is 5.73 Å². The van der Waals surface area contributed by atoms with Crippen molar-refractivity contribution in [1.82, 2.24) is 4.90 Å². The molecule has 0 aliphatic carbocycles. The van der Waals surface area contributed by atoms with E-state index in [9.17, 15) is 4.79 Å². The third-order valence-corrected chi connectivity index (χ3v) is 3.89. The van der Waals surface area contributed by atoms with E-state index < -0.39 is 6.10 Å². The molecule has 1 aliphatic rings. The van der Waals surface area contributed by atoms with E-state index >= 15 is 0 Å². The van der Waals surface area contributed by atoms with Crippen molar-refractivity contribution in [1.29, 1.82) is 0 Å². The Bertz CT molecular complexity index is 435. The molecule has 0 aromatic heterocycles. The Morgan fingerprint density at radius 3 is 2.80 bits per heavy atom. The third kappa shape index (κ3) is 3.81. The predicted molar refractivity (Wildman–Crippen MR) is 79.1 cm³/mol. The Morgan fingerprint density at radius 2 is 2.15 bits per heavy atom. The predicted octanol–water partition coefficient (Wildman–Crippen LogP) is 1.93. The van der Waals surface area contributed by atoms with Crippen LogP contribution in [0.3, 0.4) is 0 Å². The molecule has 4 heteroatoms. The van der Waals surface area contributed by atoms with E-state index in [1.165, 1.54) is 0 Å². The van der Waals surface area contributed by atoms with Gasteiger partial charge in [-0.05, 0) is 32.3 Å². The molecule has 110 valence electrons.